The highest BCUT2D eigenvalue weighted by Crippen LogP contribution is 2.35. The number of nitrogens with zero attached hydrogens (tertiary/aromatic N) is 1. The number of fused-ring (bicyclic) bond motifs is 1. The van der Waals surface area contributed by atoms with Gasteiger partial charge < -0.3 is 5.73 Å². The lowest BCUT2D eigenvalue weighted by atomic mass is 9.85. The first-order valence-corrected chi connectivity index (χ1v) is 6.04. The van der Waals surface area contributed by atoms with Crippen LogP contribution in [0.5, 0.6) is 0 Å². The van der Waals surface area contributed by atoms with Crippen molar-refractivity contribution in [3.05, 3.63) is 34.4 Å². The summed E-state index contributed by atoms with van der Waals surface area (Å²) in [5.41, 5.74) is 7.22. The number of aromatic nitrogens is 1. The van der Waals surface area contributed by atoms with Gasteiger partial charge in [0.1, 0.15) is 5.82 Å². The highest BCUT2D eigenvalue weighted by molar-refractivity contribution is 9.10. The van der Waals surface area contributed by atoms with Gasteiger partial charge in [-0.05, 0) is 22.4 Å². The lowest BCUT2D eigenvalue weighted by molar-refractivity contribution is 0.593. The molecule has 2 aromatic rings. The lowest BCUT2D eigenvalue weighted by Gasteiger charge is -2.21. The van der Waals surface area contributed by atoms with Gasteiger partial charge in [-0.3, -0.25) is 0 Å². The van der Waals surface area contributed by atoms with E-state index in [0.717, 1.165) is 9.86 Å². The lowest BCUT2D eigenvalue weighted by Crippen LogP contribution is -2.13. The van der Waals surface area contributed by atoms with Gasteiger partial charge >= 0.3 is 0 Å². The number of anilines is 1. The number of benzene rings is 1. The molecular weight excluding hydrogens is 264 g/mol. The molecule has 2 nitrogen and oxygen atoms in total. The molecule has 0 bridgehead atoms. The average Bonchev–Trinajstić information content (AvgIpc) is 2.16. The molecule has 1 heterocycles. The van der Waals surface area contributed by atoms with Gasteiger partial charge in [0.2, 0.25) is 0 Å². The minimum atomic E-state index is 0.0692. The average molecular weight is 279 g/mol. The summed E-state index contributed by atoms with van der Waals surface area (Å²) in [5, 5.41) is 2.18. The van der Waals surface area contributed by atoms with Gasteiger partial charge in [-0.1, -0.05) is 48.8 Å². The van der Waals surface area contributed by atoms with E-state index in [4.69, 9.17) is 5.73 Å². The molecule has 16 heavy (non-hydrogen) atoms. The zero-order valence-corrected chi connectivity index (χ0v) is 11.3. The van der Waals surface area contributed by atoms with Crippen molar-refractivity contribution in [2.75, 3.05) is 5.73 Å². The third kappa shape index (κ3) is 1.80. The predicted molar refractivity (Wildman–Crippen MR) is 72.6 cm³/mol. The zero-order chi connectivity index (χ0) is 11.9. The molecule has 0 fully saturated rings. The van der Waals surface area contributed by atoms with Crippen molar-refractivity contribution >= 4 is 32.5 Å². The van der Waals surface area contributed by atoms with Crippen molar-refractivity contribution < 1.29 is 0 Å². The van der Waals surface area contributed by atoms with Gasteiger partial charge in [0.15, 0.2) is 0 Å². The molecular formula is C13H15BrN2. The summed E-state index contributed by atoms with van der Waals surface area (Å²) in [4.78, 5) is 4.28. The second-order valence-corrected chi connectivity index (χ2v) is 5.82. The first-order chi connectivity index (χ1) is 7.41. The van der Waals surface area contributed by atoms with E-state index in [-0.39, 0.29) is 5.41 Å². The fourth-order valence-corrected chi connectivity index (χ4v) is 2.44. The zero-order valence-electron chi connectivity index (χ0n) is 9.71. The van der Waals surface area contributed by atoms with Crippen LogP contribution in [0.3, 0.4) is 0 Å². The van der Waals surface area contributed by atoms with Crippen molar-refractivity contribution in [2.45, 2.75) is 26.2 Å². The van der Waals surface area contributed by atoms with Crippen LogP contribution < -0.4 is 5.73 Å². The smallest absolute Gasteiger partial charge is 0.132 e. The molecule has 0 atom stereocenters. The highest BCUT2D eigenvalue weighted by atomic mass is 79.9. The maximum atomic E-state index is 5.93. The van der Waals surface area contributed by atoms with Crippen molar-refractivity contribution in [2.24, 2.45) is 0 Å². The molecule has 1 aromatic heterocycles. The van der Waals surface area contributed by atoms with Crippen LogP contribution >= 0.6 is 15.9 Å². The number of hydrogen-bond donors (Lipinski definition) is 1. The second-order valence-electron chi connectivity index (χ2n) is 4.97. The van der Waals surface area contributed by atoms with E-state index in [0.29, 0.717) is 5.82 Å². The van der Waals surface area contributed by atoms with Gasteiger partial charge in [0, 0.05) is 16.1 Å². The molecule has 2 rings (SSSR count). The third-order valence-electron chi connectivity index (χ3n) is 2.70. The number of hydrogen-bond acceptors (Lipinski definition) is 2. The second kappa shape index (κ2) is 3.74. The van der Waals surface area contributed by atoms with E-state index >= 15 is 0 Å². The van der Waals surface area contributed by atoms with E-state index in [1.165, 1.54) is 10.9 Å². The molecule has 84 valence electrons. The van der Waals surface area contributed by atoms with Crippen molar-refractivity contribution in [1.29, 1.82) is 0 Å². The normalized spacial score (nSPS) is 12.0. The van der Waals surface area contributed by atoms with Gasteiger partial charge in [-0.15, -0.1) is 0 Å². The summed E-state index contributed by atoms with van der Waals surface area (Å²) in [7, 11) is 0. The summed E-state index contributed by atoms with van der Waals surface area (Å²) in [6.45, 7) is 6.54. The van der Waals surface area contributed by atoms with Crippen LogP contribution in [0.25, 0.3) is 10.8 Å². The molecule has 0 unspecified atom stereocenters. The maximum Gasteiger partial charge on any atom is 0.132 e. The molecule has 0 spiro atoms. The quantitative estimate of drug-likeness (QED) is 0.794. The Morgan fingerprint density at radius 3 is 2.56 bits per heavy atom. The Morgan fingerprint density at radius 2 is 1.94 bits per heavy atom. The molecule has 0 radical (unpaired) electrons. The molecule has 0 saturated heterocycles. The number of nitrogen functional groups attached to an aromatic ring is 1. The van der Waals surface area contributed by atoms with E-state index in [2.05, 4.69) is 47.8 Å². The minimum absolute atomic E-state index is 0.0692. The minimum Gasteiger partial charge on any atom is -0.383 e. The van der Waals surface area contributed by atoms with Crippen molar-refractivity contribution in [3.8, 4) is 0 Å². The largest absolute Gasteiger partial charge is 0.383 e. The molecule has 1 aromatic carbocycles. The summed E-state index contributed by atoms with van der Waals surface area (Å²) in [5.74, 6) is 0.579. The first kappa shape index (κ1) is 11.4. The molecule has 2 N–H and O–H groups in total. The van der Waals surface area contributed by atoms with Gasteiger partial charge in [0.25, 0.3) is 0 Å². The van der Waals surface area contributed by atoms with E-state index in [1.807, 2.05) is 18.3 Å². The summed E-state index contributed by atoms with van der Waals surface area (Å²) in [6.07, 6.45) is 1.88. The van der Waals surface area contributed by atoms with E-state index in [1.54, 1.807) is 0 Å². The summed E-state index contributed by atoms with van der Waals surface area (Å²) in [6, 6.07) is 6.12. The van der Waals surface area contributed by atoms with Crippen LogP contribution in [0.4, 0.5) is 5.82 Å². The number of pyridine rings is 1. The highest BCUT2D eigenvalue weighted by Gasteiger charge is 2.19. The topological polar surface area (TPSA) is 38.9 Å². The Balaban J connectivity index is 2.90. The molecule has 0 aliphatic rings. The fraction of sp³-hybridized carbons (Fsp3) is 0.308. The SMILES string of the molecule is CC(C)(C)c1cnc(N)c2c(Br)cccc12. The Morgan fingerprint density at radius 1 is 1.25 bits per heavy atom. The molecule has 0 aliphatic carbocycles. The number of nitrogens with two attached hydrogens (primary N) is 1. The predicted octanol–water partition coefficient (Wildman–Crippen LogP) is 3.88. The Bertz CT molecular complexity index is 533. The van der Waals surface area contributed by atoms with Crippen LogP contribution in [0.1, 0.15) is 26.3 Å². The first-order valence-electron chi connectivity index (χ1n) is 5.24. The third-order valence-corrected chi connectivity index (χ3v) is 3.36. The molecule has 0 aliphatic heterocycles. The van der Waals surface area contributed by atoms with E-state index in [9.17, 15) is 0 Å². The molecule has 0 saturated carbocycles. The van der Waals surface area contributed by atoms with Crippen LogP contribution in [-0.2, 0) is 5.41 Å². The van der Waals surface area contributed by atoms with Crippen molar-refractivity contribution in [3.63, 3.8) is 0 Å². The molecule has 3 heteroatoms. The maximum absolute atomic E-state index is 5.93. The number of rotatable bonds is 0. The van der Waals surface area contributed by atoms with Gasteiger partial charge in [-0.2, -0.15) is 0 Å². The summed E-state index contributed by atoms with van der Waals surface area (Å²) < 4.78 is 1.00. The van der Waals surface area contributed by atoms with Crippen LogP contribution in [0, 0.1) is 0 Å². The molecule has 0 amide bonds. The Labute approximate surface area is 104 Å². The van der Waals surface area contributed by atoms with Crippen molar-refractivity contribution in [1.82, 2.24) is 4.98 Å². The van der Waals surface area contributed by atoms with Gasteiger partial charge in [-0.25, -0.2) is 4.98 Å². The van der Waals surface area contributed by atoms with Crippen LogP contribution in [0.2, 0.25) is 0 Å². The van der Waals surface area contributed by atoms with Crippen LogP contribution in [-0.4, -0.2) is 4.98 Å². The monoisotopic (exact) mass is 278 g/mol. The number of halogens is 1. The summed E-state index contributed by atoms with van der Waals surface area (Å²) >= 11 is 3.53. The standard InChI is InChI=1S/C13H15BrN2/c1-13(2,3)9-7-16-12(15)11-8(9)5-4-6-10(11)14/h4-7H,1-3H3,(H2,15,16). The Hall–Kier alpha value is -1.09. The van der Waals surface area contributed by atoms with Gasteiger partial charge in [0.05, 0.1) is 0 Å². The Kier molecular flexibility index (Phi) is 2.66. The van der Waals surface area contributed by atoms with E-state index < -0.39 is 0 Å². The van der Waals surface area contributed by atoms with Crippen LogP contribution in [0.15, 0.2) is 28.9 Å². The fourth-order valence-electron chi connectivity index (χ4n) is 1.87.